The van der Waals surface area contributed by atoms with Gasteiger partial charge < -0.3 is 14.9 Å². The van der Waals surface area contributed by atoms with Gasteiger partial charge in [0.05, 0.1) is 6.54 Å². The average Bonchev–Trinajstić information content (AvgIpc) is 2.45. The minimum absolute atomic E-state index is 0.207. The summed E-state index contributed by atoms with van der Waals surface area (Å²) < 4.78 is 4.77. The second-order valence-corrected chi connectivity index (χ2v) is 2.48. The molecule has 0 radical (unpaired) electrons. The van der Waals surface area contributed by atoms with E-state index in [4.69, 9.17) is 9.63 Å². The second kappa shape index (κ2) is 4.84. The largest absolute Gasteiger partial charge is 0.396 e. The Hall–Kier alpha value is -0.940. The number of hydrogen-bond donors (Lipinski definition) is 2. The van der Waals surface area contributed by atoms with Crippen LogP contribution in [-0.2, 0) is 6.54 Å². The summed E-state index contributed by atoms with van der Waals surface area (Å²) >= 11 is 0. The highest BCUT2D eigenvalue weighted by molar-refractivity contribution is 4.82. The second-order valence-electron chi connectivity index (χ2n) is 2.48. The first-order valence-corrected chi connectivity index (χ1v) is 3.93. The Balaban J connectivity index is 2.15. The highest BCUT2D eigenvalue weighted by atomic mass is 16.5. The third-order valence-electron chi connectivity index (χ3n) is 1.36. The van der Waals surface area contributed by atoms with E-state index in [-0.39, 0.29) is 6.61 Å². The van der Waals surface area contributed by atoms with Gasteiger partial charge in [-0.05, 0) is 13.0 Å². The van der Waals surface area contributed by atoms with Crippen LogP contribution in [-0.4, -0.2) is 28.4 Å². The summed E-state index contributed by atoms with van der Waals surface area (Å²) in [5.74, 6) is 1.24. The predicted molar refractivity (Wildman–Crippen MR) is 42.4 cm³/mol. The van der Waals surface area contributed by atoms with E-state index < -0.39 is 0 Å². The van der Waals surface area contributed by atoms with E-state index in [0.29, 0.717) is 18.3 Å². The molecule has 1 rings (SSSR count). The van der Waals surface area contributed by atoms with Gasteiger partial charge in [-0.1, -0.05) is 5.16 Å². The first kappa shape index (κ1) is 9.15. The lowest BCUT2D eigenvalue weighted by Crippen LogP contribution is -2.16. The molecule has 1 heterocycles. The van der Waals surface area contributed by atoms with Crippen LogP contribution in [0.3, 0.4) is 0 Å². The van der Waals surface area contributed by atoms with Gasteiger partial charge in [-0.3, -0.25) is 0 Å². The zero-order valence-corrected chi connectivity index (χ0v) is 7.08. The lowest BCUT2D eigenvalue weighted by atomic mass is 10.4. The van der Waals surface area contributed by atoms with Crippen molar-refractivity contribution >= 4 is 0 Å². The molecule has 0 saturated heterocycles. The maximum Gasteiger partial charge on any atom is 0.223 e. The minimum atomic E-state index is 0.207. The highest BCUT2D eigenvalue weighted by Crippen LogP contribution is 1.93. The van der Waals surface area contributed by atoms with Crippen molar-refractivity contribution in [3.8, 4) is 0 Å². The van der Waals surface area contributed by atoms with E-state index in [9.17, 15) is 0 Å². The molecule has 0 aliphatic carbocycles. The summed E-state index contributed by atoms with van der Waals surface area (Å²) in [5, 5.41) is 15.3. The van der Waals surface area contributed by atoms with Crippen molar-refractivity contribution in [2.45, 2.75) is 19.9 Å². The number of rotatable bonds is 5. The first-order chi connectivity index (χ1) is 5.83. The van der Waals surface area contributed by atoms with Crippen molar-refractivity contribution < 1.29 is 9.63 Å². The molecule has 5 nitrogen and oxygen atoms in total. The standard InChI is InChI=1S/C7H13N3O2/c1-6-9-7(10-12-6)5-8-3-2-4-11/h8,11H,2-5H2,1H3. The molecule has 0 aromatic carbocycles. The Morgan fingerprint density at radius 2 is 2.42 bits per heavy atom. The molecule has 0 atom stereocenters. The van der Waals surface area contributed by atoms with Gasteiger partial charge in [-0.2, -0.15) is 4.98 Å². The van der Waals surface area contributed by atoms with Gasteiger partial charge in [0.15, 0.2) is 5.82 Å². The molecule has 0 fully saturated rings. The van der Waals surface area contributed by atoms with Crippen LogP contribution in [0.4, 0.5) is 0 Å². The monoisotopic (exact) mass is 171 g/mol. The Bertz CT molecular complexity index is 224. The number of hydrogen-bond acceptors (Lipinski definition) is 5. The summed E-state index contributed by atoms with van der Waals surface area (Å²) in [6.45, 7) is 3.32. The number of aliphatic hydroxyl groups excluding tert-OH is 1. The molecule has 0 amide bonds. The molecule has 1 aromatic heterocycles. The maximum atomic E-state index is 8.48. The van der Waals surface area contributed by atoms with Crippen LogP contribution in [0.2, 0.25) is 0 Å². The van der Waals surface area contributed by atoms with E-state index in [1.54, 1.807) is 6.92 Å². The molecule has 0 aliphatic heterocycles. The lowest BCUT2D eigenvalue weighted by molar-refractivity contribution is 0.285. The fourth-order valence-corrected chi connectivity index (χ4v) is 0.817. The van der Waals surface area contributed by atoms with E-state index in [1.165, 1.54) is 0 Å². The number of nitrogens with one attached hydrogen (secondary N) is 1. The van der Waals surface area contributed by atoms with Gasteiger partial charge in [-0.25, -0.2) is 0 Å². The topological polar surface area (TPSA) is 71.2 Å². The van der Waals surface area contributed by atoms with Crippen molar-refractivity contribution in [3.63, 3.8) is 0 Å². The van der Waals surface area contributed by atoms with Crippen molar-refractivity contribution in [2.75, 3.05) is 13.2 Å². The normalized spacial score (nSPS) is 10.5. The molecule has 0 spiro atoms. The molecule has 12 heavy (non-hydrogen) atoms. The maximum absolute atomic E-state index is 8.48. The third kappa shape index (κ3) is 2.98. The minimum Gasteiger partial charge on any atom is -0.396 e. The highest BCUT2D eigenvalue weighted by Gasteiger charge is 1.99. The average molecular weight is 171 g/mol. The van der Waals surface area contributed by atoms with E-state index in [2.05, 4.69) is 15.5 Å². The number of aromatic nitrogens is 2. The molecule has 5 heteroatoms. The quantitative estimate of drug-likeness (QED) is 0.603. The zero-order valence-electron chi connectivity index (χ0n) is 7.08. The number of aryl methyl sites for hydroxylation is 1. The molecule has 0 bridgehead atoms. The fourth-order valence-electron chi connectivity index (χ4n) is 0.817. The van der Waals surface area contributed by atoms with Gasteiger partial charge in [0.25, 0.3) is 0 Å². The summed E-state index contributed by atoms with van der Waals surface area (Å²) in [6.07, 6.45) is 0.747. The summed E-state index contributed by atoms with van der Waals surface area (Å²) in [6, 6.07) is 0. The SMILES string of the molecule is Cc1nc(CNCCCO)no1. The van der Waals surface area contributed by atoms with Gasteiger partial charge in [-0.15, -0.1) is 0 Å². The Morgan fingerprint density at radius 1 is 1.58 bits per heavy atom. The van der Waals surface area contributed by atoms with Crippen LogP contribution in [0.1, 0.15) is 18.1 Å². The molecular formula is C7H13N3O2. The number of nitrogens with zero attached hydrogens (tertiary/aromatic N) is 2. The Labute approximate surface area is 70.8 Å². The van der Waals surface area contributed by atoms with Crippen LogP contribution in [0.5, 0.6) is 0 Å². The Morgan fingerprint density at radius 3 is 3.00 bits per heavy atom. The van der Waals surface area contributed by atoms with Crippen molar-refractivity contribution in [1.29, 1.82) is 0 Å². The third-order valence-corrected chi connectivity index (χ3v) is 1.36. The zero-order chi connectivity index (χ0) is 8.81. The van der Waals surface area contributed by atoms with Gasteiger partial charge >= 0.3 is 0 Å². The summed E-state index contributed by atoms with van der Waals surface area (Å²) in [4.78, 5) is 4.01. The van der Waals surface area contributed by atoms with Crippen molar-refractivity contribution in [2.24, 2.45) is 0 Å². The van der Waals surface area contributed by atoms with Crippen LogP contribution in [0.15, 0.2) is 4.52 Å². The van der Waals surface area contributed by atoms with Crippen LogP contribution < -0.4 is 5.32 Å². The molecular weight excluding hydrogens is 158 g/mol. The molecule has 0 unspecified atom stereocenters. The predicted octanol–water partition coefficient (Wildman–Crippen LogP) is -0.150. The van der Waals surface area contributed by atoms with Crippen LogP contribution >= 0.6 is 0 Å². The van der Waals surface area contributed by atoms with E-state index >= 15 is 0 Å². The van der Waals surface area contributed by atoms with E-state index in [0.717, 1.165) is 13.0 Å². The van der Waals surface area contributed by atoms with Gasteiger partial charge in [0, 0.05) is 13.5 Å². The number of aliphatic hydroxyl groups is 1. The summed E-state index contributed by atoms with van der Waals surface area (Å²) in [5.41, 5.74) is 0. The molecule has 2 N–H and O–H groups in total. The lowest BCUT2D eigenvalue weighted by Gasteiger charge is -1.97. The fraction of sp³-hybridized carbons (Fsp3) is 0.714. The Kier molecular flexibility index (Phi) is 3.69. The van der Waals surface area contributed by atoms with Crippen LogP contribution in [0.25, 0.3) is 0 Å². The van der Waals surface area contributed by atoms with Gasteiger partial charge in [0.1, 0.15) is 0 Å². The molecule has 0 saturated carbocycles. The molecule has 0 aliphatic rings. The van der Waals surface area contributed by atoms with Crippen LogP contribution in [0, 0.1) is 6.92 Å². The molecule has 68 valence electrons. The molecule has 1 aromatic rings. The van der Waals surface area contributed by atoms with Crippen molar-refractivity contribution in [3.05, 3.63) is 11.7 Å². The smallest absolute Gasteiger partial charge is 0.223 e. The van der Waals surface area contributed by atoms with Crippen molar-refractivity contribution in [1.82, 2.24) is 15.5 Å². The first-order valence-electron chi connectivity index (χ1n) is 3.93. The van der Waals surface area contributed by atoms with E-state index in [1.807, 2.05) is 0 Å². The van der Waals surface area contributed by atoms with Gasteiger partial charge in [0.2, 0.25) is 5.89 Å². The summed E-state index contributed by atoms with van der Waals surface area (Å²) in [7, 11) is 0.